The van der Waals surface area contributed by atoms with E-state index < -0.39 is 0 Å². The molecule has 0 aliphatic carbocycles. The summed E-state index contributed by atoms with van der Waals surface area (Å²) in [7, 11) is 0. The summed E-state index contributed by atoms with van der Waals surface area (Å²) in [4.78, 5) is 11.4. The molecule has 0 N–H and O–H groups in total. The lowest BCUT2D eigenvalue weighted by Gasteiger charge is -2.10. The summed E-state index contributed by atoms with van der Waals surface area (Å²) in [5, 5.41) is 0. The molecule has 13 heavy (non-hydrogen) atoms. The molecule has 0 spiro atoms. The van der Waals surface area contributed by atoms with E-state index >= 15 is 0 Å². The smallest absolute Gasteiger partial charge is 0.312 e. The van der Waals surface area contributed by atoms with Crippen molar-refractivity contribution in [3.8, 4) is 0 Å². The predicted octanol–water partition coefficient (Wildman–Crippen LogP) is 2.93. The number of carbonyl (C=O) groups is 1. The summed E-state index contributed by atoms with van der Waals surface area (Å²) in [6, 6.07) is 0. The van der Waals surface area contributed by atoms with Crippen LogP contribution in [0.1, 0.15) is 40.0 Å². The second-order valence-corrected chi connectivity index (χ2v) is 3.03. The second kappa shape index (κ2) is 7.84. The van der Waals surface area contributed by atoms with Gasteiger partial charge in [-0.25, -0.2) is 0 Å². The van der Waals surface area contributed by atoms with Crippen LogP contribution in [0.5, 0.6) is 0 Å². The molecular weight excluding hydrogens is 164 g/mol. The van der Waals surface area contributed by atoms with Crippen molar-refractivity contribution in [3.05, 3.63) is 12.2 Å². The molecule has 0 aliphatic rings. The van der Waals surface area contributed by atoms with Crippen LogP contribution in [0.4, 0.5) is 0 Å². The summed E-state index contributed by atoms with van der Waals surface area (Å²) >= 11 is 0. The monoisotopic (exact) mass is 184 g/mol. The van der Waals surface area contributed by atoms with Crippen molar-refractivity contribution in [1.82, 2.24) is 0 Å². The highest BCUT2D eigenvalue weighted by molar-refractivity contribution is 5.74. The van der Waals surface area contributed by atoms with Gasteiger partial charge in [0, 0.05) is 0 Å². The molecule has 0 saturated heterocycles. The predicted molar refractivity (Wildman–Crippen MR) is 54.5 cm³/mol. The van der Waals surface area contributed by atoms with Crippen molar-refractivity contribution in [2.45, 2.75) is 40.0 Å². The van der Waals surface area contributed by atoms with Gasteiger partial charge in [-0.15, -0.1) is 0 Å². The van der Waals surface area contributed by atoms with E-state index in [1.807, 2.05) is 26.0 Å². The molecule has 0 bridgehead atoms. The highest BCUT2D eigenvalue weighted by atomic mass is 16.5. The Morgan fingerprint density at radius 3 is 2.62 bits per heavy atom. The number of hydrogen-bond acceptors (Lipinski definition) is 2. The molecule has 0 fully saturated rings. The lowest BCUT2D eigenvalue weighted by molar-refractivity contribution is -0.146. The third-order valence-electron chi connectivity index (χ3n) is 1.88. The lowest BCUT2D eigenvalue weighted by atomic mass is 10.0. The first-order valence-corrected chi connectivity index (χ1v) is 5.05. The van der Waals surface area contributed by atoms with E-state index in [9.17, 15) is 4.79 Å². The number of esters is 1. The zero-order chi connectivity index (χ0) is 10.1. The third kappa shape index (κ3) is 5.45. The average Bonchev–Trinajstić information content (AvgIpc) is 2.12. The Balaban J connectivity index is 3.98. The molecule has 0 saturated carbocycles. The van der Waals surface area contributed by atoms with E-state index in [4.69, 9.17) is 4.74 Å². The summed E-state index contributed by atoms with van der Waals surface area (Å²) in [6.45, 7) is 6.36. The van der Waals surface area contributed by atoms with E-state index in [0.717, 1.165) is 19.3 Å². The van der Waals surface area contributed by atoms with Crippen molar-refractivity contribution < 1.29 is 9.53 Å². The van der Waals surface area contributed by atoms with Gasteiger partial charge in [0.1, 0.15) is 0 Å². The first-order chi connectivity index (χ1) is 6.26. The van der Waals surface area contributed by atoms with E-state index in [-0.39, 0.29) is 11.9 Å². The maximum Gasteiger partial charge on any atom is 0.312 e. The molecule has 0 rings (SSSR count). The van der Waals surface area contributed by atoms with Crippen LogP contribution in [0.2, 0.25) is 0 Å². The summed E-state index contributed by atoms with van der Waals surface area (Å²) in [5.74, 6) is -0.126. The van der Waals surface area contributed by atoms with E-state index in [0.29, 0.717) is 6.61 Å². The SMILES string of the molecule is CC=CC(CCCC)C(=O)OCC. The van der Waals surface area contributed by atoms with Gasteiger partial charge in [-0.2, -0.15) is 0 Å². The molecule has 1 unspecified atom stereocenters. The Bertz CT molecular complexity index is 161. The molecule has 0 amide bonds. The fourth-order valence-electron chi connectivity index (χ4n) is 1.20. The topological polar surface area (TPSA) is 26.3 Å². The van der Waals surface area contributed by atoms with E-state index in [1.54, 1.807) is 0 Å². The number of hydrogen-bond donors (Lipinski definition) is 0. The van der Waals surface area contributed by atoms with Crippen LogP contribution in [0.25, 0.3) is 0 Å². The molecule has 0 aromatic rings. The minimum Gasteiger partial charge on any atom is -0.466 e. The van der Waals surface area contributed by atoms with Gasteiger partial charge in [0.2, 0.25) is 0 Å². The highest BCUT2D eigenvalue weighted by Crippen LogP contribution is 2.12. The number of carbonyl (C=O) groups excluding carboxylic acids is 1. The Morgan fingerprint density at radius 2 is 2.15 bits per heavy atom. The van der Waals surface area contributed by atoms with Gasteiger partial charge in [0.25, 0.3) is 0 Å². The van der Waals surface area contributed by atoms with Crippen LogP contribution < -0.4 is 0 Å². The maximum atomic E-state index is 11.4. The van der Waals surface area contributed by atoms with E-state index in [2.05, 4.69) is 6.92 Å². The molecule has 2 nitrogen and oxygen atoms in total. The molecule has 0 radical (unpaired) electrons. The zero-order valence-electron chi connectivity index (χ0n) is 8.88. The Hall–Kier alpha value is -0.790. The van der Waals surface area contributed by atoms with Crippen LogP contribution in [0, 0.1) is 5.92 Å². The highest BCUT2D eigenvalue weighted by Gasteiger charge is 2.14. The van der Waals surface area contributed by atoms with Gasteiger partial charge in [-0.1, -0.05) is 31.9 Å². The molecular formula is C11H20O2. The lowest BCUT2D eigenvalue weighted by Crippen LogP contribution is -2.15. The van der Waals surface area contributed by atoms with Crippen molar-refractivity contribution in [2.75, 3.05) is 6.61 Å². The third-order valence-corrected chi connectivity index (χ3v) is 1.88. The van der Waals surface area contributed by atoms with Gasteiger partial charge in [0.15, 0.2) is 0 Å². The van der Waals surface area contributed by atoms with Crippen molar-refractivity contribution in [3.63, 3.8) is 0 Å². The quantitative estimate of drug-likeness (QED) is 0.468. The van der Waals surface area contributed by atoms with E-state index in [1.165, 1.54) is 0 Å². The van der Waals surface area contributed by atoms with Crippen molar-refractivity contribution in [2.24, 2.45) is 5.92 Å². The number of rotatable bonds is 6. The zero-order valence-corrected chi connectivity index (χ0v) is 8.88. The maximum absolute atomic E-state index is 11.4. The average molecular weight is 184 g/mol. The first-order valence-electron chi connectivity index (χ1n) is 5.05. The summed E-state index contributed by atoms with van der Waals surface area (Å²) in [6.07, 6.45) is 6.94. The van der Waals surface area contributed by atoms with Gasteiger partial charge in [0.05, 0.1) is 12.5 Å². The van der Waals surface area contributed by atoms with Crippen LogP contribution in [0.15, 0.2) is 12.2 Å². The van der Waals surface area contributed by atoms with Gasteiger partial charge < -0.3 is 4.74 Å². The Kier molecular flexibility index (Phi) is 7.36. The molecule has 0 heterocycles. The second-order valence-electron chi connectivity index (χ2n) is 3.03. The van der Waals surface area contributed by atoms with Crippen LogP contribution >= 0.6 is 0 Å². The Morgan fingerprint density at radius 1 is 1.46 bits per heavy atom. The summed E-state index contributed by atoms with van der Waals surface area (Å²) < 4.78 is 4.96. The number of allylic oxidation sites excluding steroid dienone is 1. The normalized spacial score (nSPS) is 13.2. The van der Waals surface area contributed by atoms with Crippen LogP contribution in [0.3, 0.4) is 0 Å². The van der Waals surface area contributed by atoms with Crippen molar-refractivity contribution in [1.29, 1.82) is 0 Å². The fourth-order valence-corrected chi connectivity index (χ4v) is 1.20. The minimum atomic E-state index is -0.0888. The number of unbranched alkanes of at least 4 members (excludes halogenated alkanes) is 1. The molecule has 0 aromatic heterocycles. The van der Waals surface area contributed by atoms with Crippen molar-refractivity contribution >= 4 is 5.97 Å². The molecule has 0 aromatic carbocycles. The van der Waals surface area contributed by atoms with Crippen LogP contribution in [-0.2, 0) is 9.53 Å². The fraction of sp³-hybridized carbons (Fsp3) is 0.727. The first kappa shape index (κ1) is 12.2. The van der Waals surface area contributed by atoms with Gasteiger partial charge >= 0.3 is 5.97 Å². The van der Waals surface area contributed by atoms with Gasteiger partial charge in [-0.3, -0.25) is 4.79 Å². The molecule has 1 atom stereocenters. The van der Waals surface area contributed by atoms with Gasteiger partial charge in [-0.05, 0) is 20.3 Å². The number of ether oxygens (including phenoxy) is 1. The molecule has 76 valence electrons. The van der Waals surface area contributed by atoms with Crippen LogP contribution in [-0.4, -0.2) is 12.6 Å². The summed E-state index contributed by atoms with van der Waals surface area (Å²) in [5.41, 5.74) is 0. The minimum absolute atomic E-state index is 0.0371. The Labute approximate surface area is 81.0 Å². The standard InChI is InChI=1S/C11H20O2/c1-4-7-9-10(8-5-2)11(12)13-6-3/h5,8,10H,4,6-7,9H2,1-3H3. The largest absolute Gasteiger partial charge is 0.466 e. The molecule has 2 heteroatoms. The molecule has 0 aliphatic heterocycles.